The molecule has 2 aromatic rings. The highest BCUT2D eigenvalue weighted by atomic mass is 32.1. The van der Waals surface area contributed by atoms with Gasteiger partial charge in [-0.1, -0.05) is 18.2 Å². The molecule has 0 aliphatic rings. The minimum absolute atomic E-state index is 0.371. The first-order valence-electron chi connectivity index (χ1n) is 5.96. The van der Waals surface area contributed by atoms with Gasteiger partial charge in [0, 0.05) is 18.0 Å². The van der Waals surface area contributed by atoms with Crippen molar-refractivity contribution in [3.63, 3.8) is 0 Å². The number of hydrogen-bond acceptors (Lipinski definition) is 4. The second-order valence-corrected chi connectivity index (χ2v) is 5.43. The van der Waals surface area contributed by atoms with Gasteiger partial charge in [-0.25, -0.2) is 9.78 Å². The van der Waals surface area contributed by atoms with E-state index >= 15 is 0 Å². The lowest BCUT2D eigenvalue weighted by Crippen LogP contribution is -2.19. The predicted molar refractivity (Wildman–Crippen MR) is 75.4 cm³/mol. The van der Waals surface area contributed by atoms with Gasteiger partial charge in [0.1, 0.15) is 0 Å². The first-order valence-corrected chi connectivity index (χ1v) is 6.84. The van der Waals surface area contributed by atoms with Crippen molar-refractivity contribution in [1.82, 2.24) is 9.88 Å². The van der Waals surface area contributed by atoms with Crippen molar-refractivity contribution in [2.45, 2.75) is 20.0 Å². The Morgan fingerprint density at radius 1 is 1.37 bits per heavy atom. The molecule has 19 heavy (non-hydrogen) atoms. The van der Waals surface area contributed by atoms with E-state index in [2.05, 4.69) is 9.88 Å². The summed E-state index contributed by atoms with van der Waals surface area (Å²) in [6.07, 6.45) is 0. The van der Waals surface area contributed by atoms with E-state index in [1.807, 2.05) is 31.6 Å². The van der Waals surface area contributed by atoms with E-state index in [9.17, 15) is 4.79 Å². The smallest absolute Gasteiger partial charge is 0.336 e. The van der Waals surface area contributed by atoms with Crippen LogP contribution < -0.4 is 0 Å². The Morgan fingerprint density at radius 3 is 2.74 bits per heavy atom. The zero-order valence-corrected chi connectivity index (χ0v) is 11.8. The topological polar surface area (TPSA) is 53.4 Å². The number of carboxylic acids is 1. The molecule has 1 N–H and O–H groups in total. The molecule has 2 rings (SSSR count). The maximum Gasteiger partial charge on any atom is 0.336 e. The number of thiazole rings is 1. The minimum atomic E-state index is -0.877. The fraction of sp³-hybridized carbons (Fsp3) is 0.286. The Hall–Kier alpha value is -1.72. The van der Waals surface area contributed by atoms with Crippen molar-refractivity contribution in [3.05, 3.63) is 51.5 Å². The lowest BCUT2D eigenvalue weighted by atomic mass is 10.1. The average Bonchev–Trinajstić information content (AvgIpc) is 2.75. The number of rotatable bonds is 5. The van der Waals surface area contributed by atoms with E-state index in [4.69, 9.17) is 5.11 Å². The van der Waals surface area contributed by atoms with E-state index in [1.165, 1.54) is 4.88 Å². The number of aromatic carboxylic acids is 1. The molecule has 0 amide bonds. The lowest BCUT2D eigenvalue weighted by Gasteiger charge is -2.17. The first kappa shape index (κ1) is 13.7. The SMILES string of the molecule is Cc1ncsc1CN(C)Cc1ccccc1C(=O)O. The van der Waals surface area contributed by atoms with Crippen molar-refractivity contribution in [1.29, 1.82) is 0 Å². The van der Waals surface area contributed by atoms with Gasteiger partial charge in [-0.2, -0.15) is 0 Å². The number of carboxylic acid groups (broad SMARTS) is 1. The highest BCUT2D eigenvalue weighted by molar-refractivity contribution is 7.09. The highest BCUT2D eigenvalue weighted by Crippen LogP contribution is 2.17. The molecular formula is C14H16N2O2S. The Balaban J connectivity index is 2.09. The summed E-state index contributed by atoms with van der Waals surface area (Å²) in [6.45, 7) is 3.38. The highest BCUT2D eigenvalue weighted by Gasteiger charge is 2.12. The third kappa shape index (κ3) is 3.39. The summed E-state index contributed by atoms with van der Waals surface area (Å²) in [5.74, 6) is -0.877. The zero-order chi connectivity index (χ0) is 13.8. The molecule has 100 valence electrons. The molecule has 0 saturated heterocycles. The van der Waals surface area contributed by atoms with Gasteiger partial charge >= 0.3 is 5.97 Å². The summed E-state index contributed by atoms with van der Waals surface area (Å²) in [5, 5.41) is 9.15. The molecule has 0 saturated carbocycles. The standard InChI is InChI=1S/C14H16N2O2S/c1-10-13(19-9-15-10)8-16(2)7-11-5-3-4-6-12(11)14(17)18/h3-6,9H,7-8H2,1-2H3,(H,17,18). The second kappa shape index (κ2) is 5.95. The van der Waals surface area contributed by atoms with Crippen LogP contribution in [0.4, 0.5) is 0 Å². The lowest BCUT2D eigenvalue weighted by molar-refractivity contribution is 0.0694. The summed E-state index contributed by atoms with van der Waals surface area (Å²) >= 11 is 1.63. The molecule has 1 aromatic carbocycles. The molecule has 5 heteroatoms. The molecule has 0 aliphatic carbocycles. The third-order valence-electron chi connectivity index (χ3n) is 2.95. The Kier molecular flexibility index (Phi) is 4.29. The van der Waals surface area contributed by atoms with Gasteiger partial charge in [0.15, 0.2) is 0 Å². The molecule has 1 aromatic heterocycles. The normalized spacial score (nSPS) is 10.9. The zero-order valence-electron chi connectivity index (χ0n) is 11.0. The Labute approximate surface area is 116 Å². The maximum absolute atomic E-state index is 11.1. The van der Waals surface area contributed by atoms with Gasteiger partial charge in [-0.15, -0.1) is 11.3 Å². The van der Waals surface area contributed by atoms with E-state index in [0.29, 0.717) is 12.1 Å². The molecule has 0 spiro atoms. The van der Waals surface area contributed by atoms with Crippen LogP contribution in [0.15, 0.2) is 29.8 Å². The number of aryl methyl sites for hydroxylation is 1. The average molecular weight is 276 g/mol. The number of aromatic nitrogens is 1. The van der Waals surface area contributed by atoms with Crippen LogP contribution in [-0.4, -0.2) is 28.0 Å². The molecule has 0 aliphatic heterocycles. The Bertz CT molecular complexity index is 580. The minimum Gasteiger partial charge on any atom is -0.478 e. The van der Waals surface area contributed by atoms with Gasteiger partial charge in [0.2, 0.25) is 0 Å². The van der Waals surface area contributed by atoms with Crippen molar-refractivity contribution in [2.24, 2.45) is 0 Å². The van der Waals surface area contributed by atoms with Crippen molar-refractivity contribution in [2.75, 3.05) is 7.05 Å². The summed E-state index contributed by atoms with van der Waals surface area (Å²) in [6, 6.07) is 7.12. The van der Waals surface area contributed by atoms with E-state index in [0.717, 1.165) is 17.8 Å². The summed E-state index contributed by atoms with van der Waals surface area (Å²) in [7, 11) is 1.98. The van der Waals surface area contributed by atoms with Crippen molar-refractivity contribution < 1.29 is 9.90 Å². The molecule has 0 atom stereocenters. The van der Waals surface area contributed by atoms with Crippen LogP contribution in [0, 0.1) is 6.92 Å². The monoisotopic (exact) mass is 276 g/mol. The van der Waals surface area contributed by atoms with Crippen LogP contribution in [0.1, 0.15) is 26.5 Å². The van der Waals surface area contributed by atoms with Gasteiger partial charge in [-0.05, 0) is 25.6 Å². The third-order valence-corrected chi connectivity index (χ3v) is 3.87. The van der Waals surface area contributed by atoms with Gasteiger partial charge in [0.25, 0.3) is 0 Å². The van der Waals surface area contributed by atoms with Crippen LogP contribution >= 0.6 is 11.3 Å². The van der Waals surface area contributed by atoms with E-state index in [1.54, 1.807) is 23.5 Å². The molecule has 0 unspecified atom stereocenters. The molecule has 4 nitrogen and oxygen atoms in total. The molecular weight excluding hydrogens is 260 g/mol. The van der Waals surface area contributed by atoms with Crippen molar-refractivity contribution >= 4 is 17.3 Å². The first-order chi connectivity index (χ1) is 9.08. The Morgan fingerprint density at radius 2 is 2.11 bits per heavy atom. The molecule has 0 radical (unpaired) electrons. The van der Waals surface area contributed by atoms with Gasteiger partial charge in [0.05, 0.1) is 16.8 Å². The molecule has 1 heterocycles. The van der Waals surface area contributed by atoms with Gasteiger partial charge < -0.3 is 5.11 Å². The number of benzene rings is 1. The van der Waals surface area contributed by atoms with Crippen LogP contribution in [0.5, 0.6) is 0 Å². The van der Waals surface area contributed by atoms with Crippen LogP contribution in [0.3, 0.4) is 0 Å². The summed E-state index contributed by atoms with van der Waals surface area (Å²) < 4.78 is 0. The number of nitrogens with zero attached hydrogens (tertiary/aromatic N) is 2. The van der Waals surface area contributed by atoms with Crippen molar-refractivity contribution in [3.8, 4) is 0 Å². The predicted octanol–water partition coefficient (Wildman–Crippen LogP) is 2.78. The van der Waals surface area contributed by atoms with Crippen LogP contribution in [0.25, 0.3) is 0 Å². The van der Waals surface area contributed by atoms with E-state index in [-0.39, 0.29) is 0 Å². The summed E-state index contributed by atoms with van der Waals surface area (Å²) in [5.41, 5.74) is 4.09. The largest absolute Gasteiger partial charge is 0.478 e. The quantitative estimate of drug-likeness (QED) is 0.912. The fourth-order valence-corrected chi connectivity index (χ4v) is 2.79. The maximum atomic E-state index is 11.1. The number of carbonyl (C=O) groups is 1. The van der Waals surface area contributed by atoms with Crippen LogP contribution in [-0.2, 0) is 13.1 Å². The molecule has 0 fully saturated rings. The number of hydrogen-bond donors (Lipinski definition) is 1. The molecule has 0 bridgehead atoms. The van der Waals surface area contributed by atoms with E-state index < -0.39 is 5.97 Å². The second-order valence-electron chi connectivity index (χ2n) is 4.50. The van der Waals surface area contributed by atoms with Gasteiger partial charge in [-0.3, -0.25) is 4.90 Å². The summed E-state index contributed by atoms with van der Waals surface area (Å²) in [4.78, 5) is 18.7. The fourth-order valence-electron chi connectivity index (χ4n) is 1.94. The van der Waals surface area contributed by atoms with Crippen LogP contribution in [0.2, 0.25) is 0 Å².